The van der Waals surface area contributed by atoms with Gasteiger partial charge in [-0.05, 0) is 30.5 Å². The number of nitrogens with zero attached hydrogens (tertiary/aromatic N) is 3. The van der Waals surface area contributed by atoms with E-state index in [1.165, 1.54) is 11.8 Å². The summed E-state index contributed by atoms with van der Waals surface area (Å²) in [5.41, 5.74) is 1.77. The average Bonchev–Trinajstić information content (AvgIpc) is 3.42. The highest BCUT2D eigenvalue weighted by atomic mass is 35.5. The summed E-state index contributed by atoms with van der Waals surface area (Å²) in [4.78, 5) is 12.8. The molecule has 1 saturated carbocycles. The summed E-state index contributed by atoms with van der Waals surface area (Å²) in [6, 6.07) is 17.6. The molecule has 7 heteroatoms. The molecule has 1 amide bonds. The Bertz CT molecular complexity index is 956. The van der Waals surface area contributed by atoms with Gasteiger partial charge in [0.2, 0.25) is 5.91 Å². The Hall–Kier alpha value is -2.31. The molecule has 1 aliphatic rings. The van der Waals surface area contributed by atoms with Crippen LogP contribution in [0.25, 0.3) is 11.4 Å². The minimum Gasteiger partial charge on any atom is -0.352 e. The summed E-state index contributed by atoms with van der Waals surface area (Å²) in [7, 11) is 1.89. The van der Waals surface area contributed by atoms with E-state index in [-0.39, 0.29) is 11.2 Å². The first-order valence-electron chi connectivity index (χ1n) is 8.80. The first kappa shape index (κ1) is 18.1. The summed E-state index contributed by atoms with van der Waals surface area (Å²) >= 11 is 7.71. The Labute approximate surface area is 167 Å². The van der Waals surface area contributed by atoms with Crippen molar-refractivity contribution in [2.45, 2.75) is 29.3 Å². The zero-order valence-corrected chi connectivity index (χ0v) is 16.4. The third-order valence-corrected chi connectivity index (χ3v) is 6.05. The maximum Gasteiger partial charge on any atom is 0.238 e. The normalized spacial score (nSPS) is 14.7. The summed E-state index contributed by atoms with van der Waals surface area (Å²) in [6.07, 6.45) is 2.11. The molecule has 1 aliphatic carbocycles. The van der Waals surface area contributed by atoms with E-state index in [1.54, 1.807) is 0 Å². The molecule has 0 radical (unpaired) electrons. The zero-order chi connectivity index (χ0) is 18.8. The zero-order valence-electron chi connectivity index (χ0n) is 14.8. The topological polar surface area (TPSA) is 59.8 Å². The van der Waals surface area contributed by atoms with Gasteiger partial charge >= 0.3 is 0 Å². The third-order valence-electron chi connectivity index (χ3n) is 4.44. The molecule has 0 saturated heterocycles. The number of thioether (sulfide) groups is 1. The van der Waals surface area contributed by atoms with Gasteiger partial charge in [-0.2, -0.15) is 0 Å². The van der Waals surface area contributed by atoms with E-state index >= 15 is 0 Å². The fourth-order valence-electron chi connectivity index (χ4n) is 2.81. The van der Waals surface area contributed by atoms with Crippen LogP contribution in [0, 0.1) is 0 Å². The first-order chi connectivity index (χ1) is 13.1. The number of aromatic nitrogens is 3. The number of carbonyl (C=O) groups excluding carboxylic acids is 1. The van der Waals surface area contributed by atoms with Crippen molar-refractivity contribution in [3.63, 3.8) is 0 Å². The van der Waals surface area contributed by atoms with Crippen LogP contribution in [0.15, 0.2) is 59.8 Å². The molecule has 0 aliphatic heterocycles. The molecule has 1 N–H and O–H groups in total. The highest BCUT2D eigenvalue weighted by molar-refractivity contribution is 8.00. The number of benzene rings is 2. The van der Waals surface area contributed by atoms with E-state index < -0.39 is 0 Å². The second-order valence-corrected chi connectivity index (χ2v) is 8.02. The van der Waals surface area contributed by atoms with E-state index in [0.717, 1.165) is 24.0 Å². The number of hydrogen-bond donors (Lipinski definition) is 1. The third kappa shape index (κ3) is 4.01. The van der Waals surface area contributed by atoms with Crippen molar-refractivity contribution in [3.8, 4) is 11.4 Å². The van der Waals surface area contributed by atoms with Gasteiger partial charge in [-0.15, -0.1) is 10.2 Å². The smallest absolute Gasteiger partial charge is 0.238 e. The van der Waals surface area contributed by atoms with Crippen molar-refractivity contribution in [1.29, 1.82) is 0 Å². The molecular formula is C20H19ClN4OS. The van der Waals surface area contributed by atoms with Crippen molar-refractivity contribution in [2.24, 2.45) is 7.05 Å². The largest absolute Gasteiger partial charge is 0.352 e. The van der Waals surface area contributed by atoms with Crippen LogP contribution in [0.4, 0.5) is 0 Å². The molecule has 2 aromatic carbocycles. The van der Waals surface area contributed by atoms with Gasteiger partial charge in [-0.1, -0.05) is 65.8 Å². The van der Waals surface area contributed by atoms with Crippen LogP contribution in [-0.2, 0) is 11.8 Å². The lowest BCUT2D eigenvalue weighted by atomic mass is 10.1. The molecule has 0 bridgehead atoms. The highest BCUT2D eigenvalue weighted by Crippen LogP contribution is 2.37. The predicted molar refractivity (Wildman–Crippen MR) is 108 cm³/mol. The molecule has 4 rings (SSSR count). The highest BCUT2D eigenvalue weighted by Gasteiger charge is 2.30. The first-order valence-corrected chi connectivity index (χ1v) is 10.1. The number of halogens is 1. The lowest BCUT2D eigenvalue weighted by Crippen LogP contribution is -2.29. The predicted octanol–water partition coefficient (Wildman–Crippen LogP) is 4.25. The minimum absolute atomic E-state index is 0.0102. The van der Waals surface area contributed by atoms with Crippen molar-refractivity contribution in [3.05, 3.63) is 65.2 Å². The molecule has 1 aromatic heterocycles. The van der Waals surface area contributed by atoms with E-state index in [9.17, 15) is 4.79 Å². The van der Waals surface area contributed by atoms with E-state index in [4.69, 9.17) is 11.6 Å². The maximum atomic E-state index is 12.8. The molecule has 138 valence electrons. The van der Waals surface area contributed by atoms with E-state index in [0.29, 0.717) is 22.0 Å². The molecule has 1 atom stereocenters. The Kier molecular flexibility index (Phi) is 5.18. The van der Waals surface area contributed by atoms with Gasteiger partial charge in [0.1, 0.15) is 5.25 Å². The van der Waals surface area contributed by atoms with E-state index in [2.05, 4.69) is 15.5 Å². The second kappa shape index (κ2) is 7.74. The molecule has 5 nitrogen and oxygen atoms in total. The molecule has 3 aromatic rings. The van der Waals surface area contributed by atoms with Gasteiger partial charge in [-0.25, -0.2) is 0 Å². The van der Waals surface area contributed by atoms with Crippen molar-refractivity contribution >= 4 is 29.3 Å². The van der Waals surface area contributed by atoms with Crippen molar-refractivity contribution < 1.29 is 4.79 Å². The summed E-state index contributed by atoms with van der Waals surface area (Å²) < 4.78 is 1.88. The molecule has 0 spiro atoms. The monoisotopic (exact) mass is 398 g/mol. The molecule has 1 fully saturated rings. The fraction of sp³-hybridized carbons (Fsp3) is 0.250. The van der Waals surface area contributed by atoms with Crippen LogP contribution in [0.3, 0.4) is 0 Å². The quantitative estimate of drug-likeness (QED) is 0.630. The summed E-state index contributed by atoms with van der Waals surface area (Å²) in [5.74, 6) is 0.688. The summed E-state index contributed by atoms with van der Waals surface area (Å²) in [5, 5.41) is 12.6. The Morgan fingerprint density at radius 1 is 1.15 bits per heavy atom. The standard InChI is InChI=1S/C20H19ClN4OS/c1-25-18(15-9-5-6-10-16(15)21)23-24-20(25)27-17(13-7-3-2-4-8-13)19(26)22-14-11-12-14/h2-10,14,17H,11-12H2,1H3,(H,22,26)/t17-/m1/s1. The van der Waals surface area contributed by atoms with Crippen LogP contribution in [0.2, 0.25) is 5.02 Å². The van der Waals surface area contributed by atoms with E-state index in [1.807, 2.05) is 66.2 Å². The lowest BCUT2D eigenvalue weighted by Gasteiger charge is -2.16. The number of hydrogen-bond acceptors (Lipinski definition) is 4. The number of carbonyl (C=O) groups is 1. The van der Waals surface area contributed by atoms with Crippen LogP contribution in [-0.4, -0.2) is 26.7 Å². The number of nitrogens with one attached hydrogen (secondary N) is 1. The van der Waals surface area contributed by atoms with Crippen LogP contribution >= 0.6 is 23.4 Å². The second-order valence-electron chi connectivity index (χ2n) is 6.54. The Balaban J connectivity index is 1.63. The van der Waals surface area contributed by atoms with Gasteiger partial charge in [0.05, 0.1) is 5.02 Å². The number of amides is 1. The maximum absolute atomic E-state index is 12.8. The molecule has 1 heterocycles. The average molecular weight is 399 g/mol. The fourth-order valence-corrected chi connectivity index (χ4v) is 4.04. The summed E-state index contributed by atoms with van der Waals surface area (Å²) in [6.45, 7) is 0. The number of rotatable bonds is 6. The van der Waals surface area contributed by atoms with Gasteiger partial charge in [-0.3, -0.25) is 4.79 Å². The minimum atomic E-state index is -0.381. The SMILES string of the molecule is Cn1c(S[C@@H](C(=O)NC2CC2)c2ccccc2)nnc1-c1ccccc1Cl. The lowest BCUT2D eigenvalue weighted by molar-refractivity contribution is -0.120. The van der Waals surface area contributed by atoms with Gasteiger partial charge in [0.15, 0.2) is 11.0 Å². The van der Waals surface area contributed by atoms with Gasteiger partial charge in [0, 0.05) is 18.7 Å². The van der Waals surface area contributed by atoms with Crippen LogP contribution < -0.4 is 5.32 Å². The van der Waals surface area contributed by atoms with Crippen molar-refractivity contribution in [2.75, 3.05) is 0 Å². The molecular weight excluding hydrogens is 380 g/mol. The van der Waals surface area contributed by atoms with Crippen molar-refractivity contribution in [1.82, 2.24) is 20.1 Å². The van der Waals surface area contributed by atoms with Gasteiger partial charge < -0.3 is 9.88 Å². The molecule has 27 heavy (non-hydrogen) atoms. The van der Waals surface area contributed by atoms with Crippen LogP contribution in [0.1, 0.15) is 23.7 Å². The molecule has 0 unspecified atom stereocenters. The van der Waals surface area contributed by atoms with Crippen LogP contribution in [0.5, 0.6) is 0 Å². The Morgan fingerprint density at radius 3 is 2.56 bits per heavy atom. The Morgan fingerprint density at radius 2 is 1.85 bits per heavy atom. The van der Waals surface area contributed by atoms with Gasteiger partial charge in [0.25, 0.3) is 0 Å².